The molecule has 21 heavy (non-hydrogen) atoms. The van der Waals surface area contributed by atoms with Gasteiger partial charge in [-0.15, -0.1) is 0 Å². The zero-order valence-electron chi connectivity index (χ0n) is 12.4. The Balaban J connectivity index is 0.000000361. The van der Waals surface area contributed by atoms with Crippen LogP contribution in [0.25, 0.3) is 10.8 Å². The number of rotatable bonds is 3. The van der Waals surface area contributed by atoms with E-state index in [1.165, 1.54) is 10.8 Å². The molecule has 3 N–H and O–H groups in total. The molecule has 0 aliphatic heterocycles. The Kier molecular flexibility index (Phi) is 5.76. The molecule has 0 amide bonds. The van der Waals surface area contributed by atoms with Crippen LogP contribution >= 0.6 is 0 Å². The molecule has 0 atom stereocenters. The quantitative estimate of drug-likeness (QED) is 0.636. The van der Waals surface area contributed by atoms with Gasteiger partial charge in [0.05, 0.1) is 0 Å². The van der Waals surface area contributed by atoms with Gasteiger partial charge in [0.1, 0.15) is 0 Å². The number of fused-ring (bicyclic) bond motifs is 1. The van der Waals surface area contributed by atoms with Gasteiger partial charge in [0.25, 0.3) is 0 Å². The summed E-state index contributed by atoms with van der Waals surface area (Å²) in [7, 11) is 3.64. The maximum absolute atomic E-state index is 3.40. The van der Waals surface area contributed by atoms with Crippen LogP contribution in [0.15, 0.2) is 72.8 Å². The average molecular weight is 279 g/mol. The van der Waals surface area contributed by atoms with E-state index in [0.29, 0.717) is 0 Å². The van der Waals surface area contributed by atoms with Crippen molar-refractivity contribution in [1.82, 2.24) is 10.9 Å². The van der Waals surface area contributed by atoms with Crippen molar-refractivity contribution in [3.63, 3.8) is 0 Å². The minimum absolute atomic E-state index is 1.11. The highest BCUT2D eigenvalue weighted by Crippen LogP contribution is 2.21. The van der Waals surface area contributed by atoms with Crippen molar-refractivity contribution < 1.29 is 0 Å². The van der Waals surface area contributed by atoms with Gasteiger partial charge >= 0.3 is 0 Å². The second-order valence-electron chi connectivity index (χ2n) is 4.55. The lowest BCUT2D eigenvalue weighted by molar-refractivity contribution is 0.689. The molecule has 0 aliphatic carbocycles. The van der Waals surface area contributed by atoms with Crippen molar-refractivity contribution in [2.24, 2.45) is 0 Å². The lowest BCUT2D eigenvalue weighted by Crippen LogP contribution is -2.21. The first-order valence-corrected chi connectivity index (χ1v) is 6.98. The van der Waals surface area contributed by atoms with Crippen LogP contribution in [-0.2, 0) is 0 Å². The van der Waals surface area contributed by atoms with Crippen molar-refractivity contribution in [1.29, 1.82) is 0 Å². The molecule has 0 spiro atoms. The van der Waals surface area contributed by atoms with Gasteiger partial charge in [-0.2, -0.15) is 0 Å². The normalized spacial score (nSPS) is 9.81. The van der Waals surface area contributed by atoms with E-state index in [0.717, 1.165) is 11.4 Å². The second kappa shape index (κ2) is 8.04. The highest BCUT2D eigenvalue weighted by atomic mass is 15.3. The molecule has 3 aromatic carbocycles. The van der Waals surface area contributed by atoms with Gasteiger partial charge in [-0.25, -0.2) is 0 Å². The van der Waals surface area contributed by atoms with Crippen molar-refractivity contribution >= 4 is 22.1 Å². The van der Waals surface area contributed by atoms with E-state index in [2.05, 4.69) is 70.8 Å². The van der Waals surface area contributed by atoms with Crippen LogP contribution in [0.4, 0.5) is 11.4 Å². The fourth-order valence-electron chi connectivity index (χ4n) is 1.96. The zero-order chi connectivity index (χ0) is 14.9. The summed E-state index contributed by atoms with van der Waals surface area (Å²) >= 11 is 0. The monoisotopic (exact) mass is 279 g/mol. The van der Waals surface area contributed by atoms with Crippen LogP contribution in [0.2, 0.25) is 0 Å². The third kappa shape index (κ3) is 4.60. The van der Waals surface area contributed by atoms with Gasteiger partial charge < -0.3 is 5.32 Å². The Bertz CT molecular complexity index is 663. The number of benzene rings is 3. The van der Waals surface area contributed by atoms with E-state index in [-0.39, 0.29) is 0 Å². The molecule has 0 bridgehead atoms. The molecular weight excluding hydrogens is 258 g/mol. The maximum Gasteiger partial charge on any atom is 0.0390 e. The second-order valence-corrected chi connectivity index (χ2v) is 4.55. The van der Waals surface area contributed by atoms with Gasteiger partial charge in [-0.1, -0.05) is 48.5 Å². The number of anilines is 2. The molecule has 3 rings (SSSR count). The van der Waals surface area contributed by atoms with E-state index in [1.807, 2.05) is 32.3 Å². The summed E-state index contributed by atoms with van der Waals surface area (Å²) < 4.78 is 0. The first-order valence-electron chi connectivity index (χ1n) is 6.98. The Morgan fingerprint density at radius 2 is 1.19 bits per heavy atom. The van der Waals surface area contributed by atoms with E-state index in [9.17, 15) is 0 Å². The number of hydrazine groups is 1. The third-order valence-corrected chi connectivity index (χ3v) is 3.06. The number of nitrogens with one attached hydrogen (secondary N) is 3. The summed E-state index contributed by atoms with van der Waals surface area (Å²) in [4.78, 5) is 0. The van der Waals surface area contributed by atoms with Gasteiger partial charge in [0, 0.05) is 11.4 Å². The molecule has 0 aromatic heterocycles. The van der Waals surface area contributed by atoms with Gasteiger partial charge in [-0.3, -0.25) is 10.9 Å². The Morgan fingerprint density at radius 1 is 0.571 bits per heavy atom. The first kappa shape index (κ1) is 15.0. The third-order valence-electron chi connectivity index (χ3n) is 3.06. The summed E-state index contributed by atoms with van der Waals surface area (Å²) in [5, 5.41) is 5.92. The Hall–Kier alpha value is -2.36. The summed E-state index contributed by atoms with van der Waals surface area (Å²) in [6.45, 7) is 0. The van der Waals surface area contributed by atoms with Crippen molar-refractivity contribution in [2.45, 2.75) is 0 Å². The zero-order valence-corrected chi connectivity index (χ0v) is 12.4. The number of hydrogen-bond donors (Lipinski definition) is 3. The van der Waals surface area contributed by atoms with Crippen molar-refractivity contribution in [3.05, 3.63) is 72.8 Å². The van der Waals surface area contributed by atoms with Gasteiger partial charge in [0.2, 0.25) is 0 Å². The van der Waals surface area contributed by atoms with Crippen molar-refractivity contribution in [2.75, 3.05) is 19.4 Å². The summed E-state index contributed by atoms with van der Waals surface area (Å²) in [6.07, 6.45) is 0. The molecule has 0 unspecified atom stereocenters. The molecule has 0 saturated heterocycles. The van der Waals surface area contributed by atoms with Crippen LogP contribution in [0.3, 0.4) is 0 Å². The maximum atomic E-state index is 3.40. The molecule has 0 saturated carbocycles. The molecule has 0 radical (unpaired) electrons. The van der Waals surface area contributed by atoms with Gasteiger partial charge in [-0.05, 0) is 49.1 Å². The highest BCUT2D eigenvalue weighted by Gasteiger charge is 1.96. The van der Waals surface area contributed by atoms with E-state index >= 15 is 0 Å². The smallest absolute Gasteiger partial charge is 0.0390 e. The molecule has 0 aliphatic rings. The predicted molar refractivity (Wildman–Crippen MR) is 91.8 cm³/mol. The molecule has 3 aromatic rings. The number of hydrogen-bond acceptors (Lipinski definition) is 3. The fraction of sp³-hybridized carbons (Fsp3) is 0.111. The minimum atomic E-state index is 1.11. The fourth-order valence-corrected chi connectivity index (χ4v) is 1.96. The van der Waals surface area contributed by atoms with Crippen molar-refractivity contribution in [3.8, 4) is 0 Å². The van der Waals surface area contributed by atoms with Crippen LogP contribution in [0.5, 0.6) is 0 Å². The highest BCUT2D eigenvalue weighted by molar-refractivity contribution is 5.86. The van der Waals surface area contributed by atoms with Gasteiger partial charge in [0.15, 0.2) is 0 Å². The van der Waals surface area contributed by atoms with Crippen LogP contribution < -0.4 is 16.2 Å². The SMILES string of the molecule is CNNC.c1ccc(Nc2ccc3ccccc3c2)cc1. The molecule has 0 fully saturated rings. The standard InChI is InChI=1S/C16H13N.C2H8N2/c1-2-8-15(9-3-1)17-16-11-10-13-6-4-5-7-14(13)12-16;1-3-4-2/h1-12,17H;3-4H,1-2H3. The van der Waals surface area contributed by atoms with E-state index in [4.69, 9.17) is 0 Å². The topological polar surface area (TPSA) is 36.1 Å². The first-order chi connectivity index (χ1) is 10.3. The molecule has 108 valence electrons. The molecule has 3 nitrogen and oxygen atoms in total. The summed E-state index contributed by atoms with van der Waals surface area (Å²) in [5.74, 6) is 0. The lowest BCUT2D eigenvalue weighted by Gasteiger charge is -2.07. The van der Waals surface area contributed by atoms with Crippen LogP contribution in [-0.4, -0.2) is 14.1 Å². The molecular formula is C18H21N3. The Labute approximate surface area is 126 Å². The minimum Gasteiger partial charge on any atom is -0.356 e. The average Bonchev–Trinajstić information content (AvgIpc) is 2.56. The summed E-state index contributed by atoms with van der Waals surface area (Å²) in [6, 6.07) is 25.0. The molecule has 0 heterocycles. The van der Waals surface area contributed by atoms with E-state index in [1.54, 1.807) is 0 Å². The predicted octanol–water partition coefficient (Wildman–Crippen LogP) is 3.92. The summed E-state index contributed by atoms with van der Waals surface area (Å²) in [5.41, 5.74) is 7.60. The van der Waals surface area contributed by atoms with Crippen LogP contribution in [0.1, 0.15) is 0 Å². The molecule has 3 heteroatoms. The largest absolute Gasteiger partial charge is 0.356 e. The van der Waals surface area contributed by atoms with E-state index < -0.39 is 0 Å². The number of para-hydroxylation sites is 1. The Morgan fingerprint density at radius 3 is 1.86 bits per heavy atom. The lowest BCUT2D eigenvalue weighted by atomic mass is 10.1. The van der Waals surface area contributed by atoms with Crippen LogP contribution in [0, 0.1) is 0 Å².